The Hall–Kier alpha value is -1.55. The monoisotopic (exact) mass is 287 g/mol. The third-order valence-electron chi connectivity index (χ3n) is 5.21. The van der Waals surface area contributed by atoms with Crippen molar-refractivity contribution >= 4 is 11.6 Å². The minimum Gasteiger partial charge on any atom is -0.373 e. The van der Waals surface area contributed by atoms with Crippen molar-refractivity contribution in [1.29, 1.82) is 0 Å². The zero-order chi connectivity index (χ0) is 15.0. The average molecular weight is 287 g/mol. The summed E-state index contributed by atoms with van der Waals surface area (Å²) in [6.07, 6.45) is 4.45. The molecule has 1 saturated carbocycles. The highest BCUT2D eigenvalue weighted by Gasteiger charge is 2.41. The molecule has 21 heavy (non-hydrogen) atoms. The predicted octanol–water partition coefficient (Wildman–Crippen LogP) is 1.97. The summed E-state index contributed by atoms with van der Waals surface area (Å²) in [5.41, 5.74) is 2.54. The molecule has 1 aliphatic carbocycles. The maximum atomic E-state index is 12.7. The van der Waals surface area contributed by atoms with Gasteiger partial charge in [0, 0.05) is 31.2 Å². The topological polar surface area (TPSA) is 35.6 Å². The van der Waals surface area contributed by atoms with Crippen LogP contribution in [-0.4, -0.2) is 55.0 Å². The Morgan fingerprint density at radius 3 is 2.57 bits per heavy atom. The quantitative estimate of drug-likeness (QED) is 0.919. The number of rotatable bonds is 4. The average Bonchev–Trinajstić information content (AvgIpc) is 2.85. The van der Waals surface area contributed by atoms with Gasteiger partial charge in [-0.25, -0.2) is 0 Å². The molecule has 0 bridgehead atoms. The molecule has 1 aliphatic heterocycles. The molecule has 114 valence electrons. The lowest BCUT2D eigenvalue weighted by molar-refractivity contribution is -0.133. The van der Waals surface area contributed by atoms with Crippen molar-refractivity contribution in [3.05, 3.63) is 29.8 Å². The number of nitrogens with one attached hydrogen (secondary N) is 1. The van der Waals surface area contributed by atoms with Gasteiger partial charge in [-0.05, 0) is 45.0 Å². The van der Waals surface area contributed by atoms with Crippen molar-refractivity contribution in [2.45, 2.75) is 37.3 Å². The van der Waals surface area contributed by atoms with Crippen LogP contribution in [0.15, 0.2) is 24.3 Å². The summed E-state index contributed by atoms with van der Waals surface area (Å²) in [4.78, 5) is 16.9. The van der Waals surface area contributed by atoms with E-state index < -0.39 is 0 Å². The van der Waals surface area contributed by atoms with Gasteiger partial charge in [0.15, 0.2) is 0 Å². The van der Waals surface area contributed by atoms with Gasteiger partial charge in [0.1, 0.15) is 6.04 Å². The van der Waals surface area contributed by atoms with Crippen LogP contribution in [0.25, 0.3) is 0 Å². The summed E-state index contributed by atoms with van der Waals surface area (Å²) in [6, 6.07) is 8.09. The van der Waals surface area contributed by atoms with Crippen LogP contribution in [0.2, 0.25) is 0 Å². The zero-order valence-corrected chi connectivity index (χ0v) is 13.2. The Morgan fingerprint density at radius 2 is 2.00 bits per heavy atom. The maximum Gasteiger partial charge on any atom is 0.245 e. The molecule has 1 N–H and O–H groups in total. The summed E-state index contributed by atoms with van der Waals surface area (Å²) in [6.45, 7) is 0.827. The van der Waals surface area contributed by atoms with Crippen LogP contribution >= 0.6 is 0 Å². The highest BCUT2D eigenvalue weighted by atomic mass is 16.2. The molecule has 4 heteroatoms. The van der Waals surface area contributed by atoms with E-state index in [-0.39, 0.29) is 17.5 Å². The van der Waals surface area contributed by atoms with E-state index in [4.69, 9.17) is 0 Å². The molecule has 4 nitrogen and oxygen atoms in total. The van der Waals surface area contributed by atoms with E-state index in [1.165, 1.54) is 24.8 Å². The lowest BCUT2D eigenvalue weighted by atomic mass is 9.75. The second-order valence-electron chi connectivity index (χ2n) is 6.72. The van der Waals surface area contributed by atoms with E-state index in [0.29, 0.717) is 0 Å². The third kappa shape index (κ3) is 2.53. The van der Waals surface area contributed by atoms with Gasteiger partial charge >= 0.3 is 0 Å². The van der Waals surface area contributed by atoms with E-state index in [1.54, 1.807) is 0 Å². The molecule has 0 aromatic heterocycles. The van der Waals surface area contributed by atoms with Crippen LogP contribution in [0.5, 0.6) is 0 Å². The molecule has 0 unspecified atom stereocenters. The predicted molar refractivity (Wildman–Crippen MR) is 85.5 cm³/mol. The van der Waals surface area contributed by atoms with Crippen LogP contribution in [-0.2, 0) is 11.2 Å². The Kier molecular flexibility index (Phi) is 3.66. The SMILES string of the molecule is CN(CC1(N(C)C)CCC1)C(=O)[C@@H]1Cc2ccccc2N1. The molecular formula is C17H25N3O. The Morgan fingerprint density at radius 1 is 1.29 bits per heavy atom. The molecular weight excluding hydrogens is 262 g/mol. The summed E-state index contributed by atoms with van der Waals surface area (Å²) in [5.74, 6) is 0.208. The number of benzene rings is 1. The van der Waals surface area contributed by atoms with Gasteiger partial charge in [-0.1, -0.05) is 18.2 Å². The van der Waals surface area contributed by atoms with Gasteiger partial charge in [-0.3, -0.25) is 4.79 Å². The molecule has 1 aromatic rings. The number of nitrogens with zero attached hydrogens (tertiary/aromatic N) is 2. The van der Waals surface area contributed by atoms with Gasteiger partial charge in [0.2, 0.25) is 5.91 Å². The summed E-state index contributed by atoms with van der Waals surface area (Å²) in [5, 5.41) is 3.36. The fourth-order valence-corrected chi connectivity index (χ4v) is 3.56. The van der Waals surface area contributed by atoms with Crippen LogP contribution < -0.4 is 5.32 Å². The molecule has 0 spiro atoms. The first kappa shape index (κ1) is 14.4. The zero-order valence-electron chi connectivity index (χ0n) is 13.2. The number of hydrogen-bond acceptors (Lipinski definition) is 3. The Labute approximate surface area is 127 Å². The van der Waals surface area contributed by atoms with E-state index in [9.17, 15) is 4.79 Å². The molecule has 1 amide bonds. The van der Waals surface area contributed by atoms with Crippen molar-refractivity contribution in [1.82, 2.24) is 9.80 Å². The number of carbonyl (C=O) groups is 1. The minimum absolute atomic E-state index is 0.105. The van der Waals surface area contributed by atoms with Gasteiger partial charge in [-0.2, -0.15) is 0 Å². The fourth-order valence-electron chi connectivity index (χ4n) is 3.56. The standard InChI is InChI=1S/C17H25N3O/c1-19(2)17(9-6-10-17)12-20(3)16(21)15-11-13-7-4-5-8-14(13)18-15/h4-5,7-8,15,18H,6,9-12H2,1-3H3/t15-/m0/s1. The summed E-state index contributed by atoms with van der Waals surface area (Å²) >= 11 is 0. The highest BCUT2D eigenvalue weighted by molar-refractivity contribution is 5.87. The first-order valence-corrected chi connectivity index (χ1v) is 7.79. The van der Waals surface area contributed by atoms with Gasteiger partial charge in [0.25, 0.3) is 0 Å². The maximum absolute atomic E-state index is 12.7. The van der Waals surface area contributed by atoms with Crippen LogP contribution in [0.3, 0.4) is 0 Å². The van der Waals surface area contributed by atoms with E-state index in [1.807, 2.05) is 24.1 Å². The smallest absolute Gasteiger partial charge is 0.245 e. The van der Waals surface area contributed by atoms with Crippen LogP contribution in [0.1, 0.15) is 24.8 Å². The fraction of sp³-hybridized carbons (Fsp3) is 0.588. The molecule has 0 radical (unpaired) electrons. The number of fused-ring (bicyclic) bond motifs is 1. The first-order chi connectivity index (χ1) is 10.0. The van der Waals surface area contributed by atoms with Crippen molar-refractivity contribution in [3.63, 3.8) is 0 Å². The third-order valence-corrected chi connectivity index (χ3v) is 5.21. The second-order valence-corrected chi connectivity index (χ2v) is 6.72. The molecule has 3 rings (SSSR count). The number of likely N-dealkylation sites (N-methyl/N-ethyl adjacent to an activating group) is 2. The van der Waals surface area contributed by atoms with Crippen LogP contribution in [0, 0.1) is 0 Å². The highest BCUT2D eigenvalue weighted by Crippen LogP contribution is 2.37. The van der Waals surface area contributed by atoms with E-state index in [0.717, 1.165) is 18.7 Å². The number of hydrogen-bond donors (Lipinski definition) is 1. The normalized spacial score (nSPS) is 22.4. The van der Waals surface area contributed by atoms with Crippen molar-refractivity contribution in [2.24, 2.45) is 0 Å². The number of anilines is 1. The number of amides is 1. The molecule has 1 heterocycles. The van der Waals surface area contributed by atoms with Gasteiger partial charge < -0.3 is 15.1 Å². The van der Waals surface area contributed by atoms with Crippen molar-refractivity contribution < 1.29 is 4.79 Å². The molecule has 1 atom stereocenters. The lowest BCUT2D eigenvalue weighted by Crippen LogP contribution is -2.58. The van der Waals surface area contributed by atoms with Crippen molar-refractivity contribution in [2.75, 3.05) is 33.0 Å². The Bertz CT molecular complexity index is 512. The largest absolute Gasteiger partial charge is 0.373 e. The molecule has 2 aliphatic rings. The molecule has 0 saturated heterocycles. The van der Waals surface area contributed by atoms with Gasteiger partial charge in [-0.15, -0.1) is 0 Å². The van der Waals surface area contributed by atoms with Gasteiger partial charge in [0.05, 0.1) is 0 Å². The lowest BCUT2D eigenvalue weighted by Gasteiger charge is -2.49. The summed E-state index contributed by atoms with van der Waals surface area (Å²) < 4.78 is 0. The van der Waals surface area contributed by atoms with E-state index >= 15 is 0 Å². The summed E-state index contributed by atoms with van der Waals surface area (Å²) in [7, 11) is 6.19. The second kappa shape index (κ2) is 5.34. The van der Waals surface area contributed by atoms with E-state index in [2.05, 4.69) is 36.4 Å². The van der Waals surface area contributed by atoms with Crippen molar-refractivity contribution in [3.8, 4) is 0 Å². The Balaban J connectivity index is 1.64. The van der Waals surface area contributed by atoms with Crippen LogP contribution in [0.4, 0.5) is 5.69 Å². The first-order valence-electron chi connectivity index (χ1n) is 7.79. The number of para-hydroxylation sites is 1. The molecule has 1 fully saturated rings. The minimum atomic E-state index is -0.105. The molecule has 1 aromatic carbocycles. The number of carbonyl (C=O) groups excluding carboxylic acids is 1.